The van der Waals surface area contributed by atoms with Gasteiger partial charge in [0, 0.05) is 30.7 Å². The first-order valence-corrected chi connectivity index (χ1v) is 7.75. The molecule has 0 spiro atoms. The lowest BCUT2D eigenvalue weighted by Crippen LogP contribution is -2.36. The summed E-state index contributed by atoms with van der Waals surface area (Å²) in [6.07, 6.45) is -3.39. The Labute approximate surface area is 142 Å². The summed E-state index contributed by atoms with van der Waals surface area (Å²) < 4.78 is 43.7. The molecular formula is C16H17F3N4O2. The number of aromatic nitrogens is 2. The molecule has 0 atom stereocenters. The maximum atomic E-state index is 12.5. The second-order valence-electron chi connectivity index (χ2n) is 5.59. The lowest BCUT2D eigenvalue weighted by atomic mass is 10.2. The number of nitrogens with one attached hydrogen (secondary N) is 1. The number of nitrogens with zero attached hydrogens (tertiary/aromatic N) is 3. The van der Waals surface area contributed by atoms with Crippen LogP contribution < -0.4 is 10.2 Å². The van der Waals surface area contributed by atoms with Gasteiger partial charge in [0.15, 0.2) is 5.69 Å². The molecule has 2 aromatic rings. The van der Waals surface area contributed by atoms with Crippen LogP contribution in [0, 0.1) is 0 Å². The topological polar surface area (TPSA) is 59.4 Å². The van der Waals surface area contributed by atoms with Crippen molar-refractivity contribution in [1.29, 1.82) is 0 Å². The molecule has 1 aromatic heterocycles. The number of alkyl halides is 3. The van der Waals surface area contributed by atoms with E-state index in [0.29, 0.717) is 18.9 Å². The molecule has 3 rings (SSSR count). The number of hydrogen-bond donors (Lipinski definition) is 1. The van der Waals surface area contributed by atoms with Crippen LogP contribution in [0.4, 0.5) is 24.5 Å². The summed E-state index contributed by atoms with van der Waals surface area (Å²) in [7, 11) is 0. The summed E-state index contributed by atoms with van der Waals surface area (Å²) in [5.74, 6) is -0.448. The quantitative estimate of drug-likeness (QED) is 0.916. The molecule has 1 fully saturated rings. The van der Waals surface area contributed by atoms with Gasteiger partial charge in [0.05, 0.1) is 13.2 Å². The van der Waals surface area contributed by atoms with Crippen LogP contribution in [0.5, 0.6) is 0 Å². The summed E-state index contributed by atoms with van der Waals surface area (Å²) in [5.41, 5.74) is 0.587. The highest BCUT2D eigenvalue weighted by atomic mass is 19.4. The molecule has 0 bridgehead atoms. The van der Waals surface area contributed by atoms with Crippen molar-refractivity contribution in [3.05, 3.63) is 42.2 Å². The van der Waals surface area contributed by atoms with E-state index in [-0.39, 0.29) is 6.54 Å². The monoisotopic (exact) mass is 354 g/mol. The number of anilines is 2. The minimum absolute atomic E-state index is 0.290. The molecule has 1 aliphatic rings. The molecule has 0 aliphatic carbocycles. The number of carbonyl (C=O) groups excluding carboxylic acids is 1. The SMILES string of the molecule is O=C(Cn1ccc(C(F)(F)F)n1)Nc1ccc(N2CCOCC2)cc1. The highest BCUT2D eigenvalue weighted by molar-refractivity contribution is 5.90. The number of benzene rings is 1. The van der Waals surface area contributed by atoms with Gasteiger partial charge in [-0.05, 0) is 30.3 Å². The zero-order chi connectivity index (χ0) is 17.9. The molecular weight excluding hydrogens is 337 g/mol. The van der Waals surface area contributed by atoms with Gasteiger partial charge >= 0.3 is 6.18 Å². The Morgan fingerprint density at radius 3 is 2.44 bits per heavy atom. The Kier molecular flexibility index (Phi) is 4.93. The lowest BCUT2D eigenvalue weighted by molar-refractivity contribution is -0.141. The van der Waals surface area contributed by atoms with Gasteiger partial charge < -0.3 is 15.0 Å². The Balaban J connectivity index is 1.56. The first-order chi connectivity index (χ1) is 11.9. The third kappa shape index (κ3) is 4.50. The fourth-order valence-corrected chi connectivity index (χ4v) is 2.53. The molecule has 2 heterocycles. The van der Waals surface area contributed by atoms with Gasteiger partial charge in [-0.15, -0.1) is 0 Å². The predicted molar refractivity (Wildman–Crippen MR) is 85.3 cm³/mol. The van der Waals surface area contributed by atoms with Crippen LogP contribution in [0.2, 0.25) is 0 Å². The fourth-order valence-electron chi connectivity index (χ4n) is 2.53. The van der Waals surface area contributed by atoms with E-state index in [1.807, 2.05) is 12.1 Å². The smallest absolute Gasteiger partial charge is 0.378 e. The molecule has 0 saturated carbocycles. The lowest BCUT2D eigenvalue weighted by Gasteiger charge is -2.28. The summed E-state index contributed by atoms with van der Waals surface area (Å²) in [6, 6.07) is 8.12. The largest absolute Gasteiger partial charge is 0.435 e. The number of carbonyl (C=O) groups is 1. The summed E-state index contributed by atoms with van der Waals surface area (Å²) in [4.78, 5) is 14.1. The Morgan fingerprint density at radius 2 is 1.84 bits per heavy atom. The first-order valence-electron chi connectivity index (χ1n) is 7.75. The van der Waals surface area contributed by atoms with Gasteiger partial charge in [-0.2, -0.15) is 18.3 Å². The molecule has 1 N–H and O–H groups in total. The van der Waals surface area contributed by atoms with E-state index in [1.54, 1.807) is 12.1 Å². The second-order valence-corrected chi connectivity index (χ2v) is 5.59. The third-order valence-electron chi connectivity index (χ3n) is 3.76. The van der Waals surface area contributed by atoms with E-state index in [9.17, 15) is 18.0 Å². The third-order valence-corrected chi connectivity index (χ3v) is 3.76. The van der Waals surface area contributed by atoms with Gasteiger partial charge in [-0.1, -0.05) is 0 Å². The zero-order valence-electron chi connectivity index (χ0n) is 13.3. The average molecular weight is 354 g/mol. The minimum Gasteiger partial charge on any atom is -0.378 e. The molecule has 1 saturated heterocycles. The van der Waals surface area contributed by atoms with E-state index < -0.39 is 17.8 Å². The number of rotatable bonds is 4. The van der Waals surface area contributed by atoms with Crippen molar-refractivity contribution in [1.82, 2.24) is 9.78 Å². The Morgan fingerprint density at radius 1 is 1.16 bits per heavy atom. The van der Waals surface area contributed by atoms with Crippen LogP contribution in [-0.4, -0.2) is 42.0 Å². The average Bonchev–Trinajstić information content (AvgIpc) is 3.05. The number of ether oxygens (including phenoxy) is 1. The zero-order valence-corrected chi connectivity index (χ0v) is 13.3. The maximum absolute atomic E-state index is 12.5. The van der Waals surface area contributed by atoms with E-state index >= 15 is 0 Å². The molecule has 1 aliphatic heterocycles. The van der Waals surface area contributed by atoms with Gasteiger partial charge in [0.1, 0.15) is 6.54 Å². The van der Waals surface area contributed by atoms with Crippen molar-refractivity contribution in [2.45, 2.75) is 12.7 Å². The van der Waals surface area contributed by atoms with Gasteiger partial charge in [-0.3, -0.25) is 9.48 Å². The van der Waals surface area contributed by atoms with E-state index in [2.05, 4.69) is 15.3 Å². The number of morpholine rings is 1. The van der Waals surface area contributed by atoms with Crippen LogP contribution >= 0.6 is 0 Å². The second kappa shape index (κ2) is 7.14. The van der Waals surface area contributed by atoms with Crippen molar-refractivity contribution in [2.75, 3.05) is 36.5 Å². The summed E-state index contributed by atoms with van der Waals surface area (Å²) in [5, 5.41) is 6.00. The molecule has 0 radical (unpaired) electrons. The van der Waals surface area contributed by atoms with Crippen molar-refractivity contribution in [3.8, 4) is 0 Å². The van der Waals surface area contributed by atoms with Crippen molar-refractivity contribution < 1.29 is 22.7 Å². The molecule has 1 amide bonds. The Bertz CT molecular complexity index is 722. The number of halogens is 3. The standard InChI is InChI=1S/C16H17F3N4O2/c17-16(18,19)14-5-6-23(21-14)11-15(24)20-12-1-3-13(4-2-12)22-7-9-25-10-8-22/h1-6H,7-11H2,(H,20,24). The molecule has 0 unspecified atom stereocenters. The molecule has 6 nitrogen and oxygen atoms in total. The van der Waals surface area contributed by atoms with Crippen LogP contribution in [0.3, 0.4) is 0 Å². The van der Waals surface area contributed by atoms with Gasteiger partial charge in [-0.25, -0.2) is 0 Å². The number of hydrogen-bond acceptors (Lipinski definition) is 4. The first kappa shape index (κ1) is 17.3. The normalized spacial score (nSPS) is 15.2. The summed E-state index contributed by atoms with van der Waals surface area (Å²) in [6.45, 7) is 2.70. The predicted octanol–water partition coefficient (Wildman–Crippen LogP) is 2.38. The highest BCUT2D eigenvalue weighted by Crippen LogP contribution is 2.27. The Hall–Kier alpha value is -2.55. The minimum atomic E-state index is -4.52. The van der Waals surface area contributed by atoms with Gasteiger partial charge in [0.2, 0.25) is 5.91 Å². The van der Waals surface area contributed by atoms with E-state index in [0.717, 1.165) is 35.7 Å². The molecule has 1 aromatic carbocycles. The molecule has 134 valence electrons. The summed E-state index contributed by atoms with van der Waals surface area (Å²) >= 11 is 0. The van der Waals surface area contributed by atoms with Crippen LogP contribution in [0.25, 0.3) is 0 Å². The van der Waals surface area contributed by atoms with E-state index in [4.69, 9.17) is 4.74 Å². The molecule has 9 heteroatoms. The van der Waals surface area contributed by atoms with Gasteiger partial charge in [0.25, 0.3) is 0 Å². The number of amides is 1. The van der Waals surface area contributed by atoms with E-state index in [1.165, 1.54) is 0 Å². The molecule has 25 heavy (non-hydrogen) atoms. The highest BCUT2D eigenvalue weighted by Gasteiger charge is 2.33. The maximum Gasteiger partial charge on any atom is 0.435 e. The fraction of sp³-hybridized carbons (Fsp3) is 0.375. The van der Waals surface area contributed by atoms with Crippen molar-refractivity contribution in [2.24, 2.45) is 0 Å². The van der Waals surface area contributed by atoms with Crippen molar-refractivity contribution in [3.63, 3.8) is 0 Å². The van der Waals surface area contributed by atoms with Crippen LogP contribution in [0.15, 0.2) is 36.5 Å². The van der Waals surface area contributed by atoms with Crippen LogP contribution in [-0.2, 0) is 22.3 Å². The van der Waals surface area contributed by atoms with Crippen molar-refractivity contribution >= 4 is 17.3 Å². The van der Waals surface area contributed by atoms with Crippen LogP contribution in [0.1, 0.15) is 5.69 Å².